The molecule has 1 unspecified atom stereocenters. The van der Waals surface area contributed by atoms with E-state index >= 15 is 0 Å². The van der Waals surface area contributed by atoms with Crippen molar-refractivity contribution in [3.05, 3.63) is 45.2 Å². The first-order valence-electron chi connectivity index (χ1n) is 6.58. The smallest absolute Gasteiger partial charge is 0.141 e. The van der Waals surface area contributed by atoms with Gasteiger partial charge in [-0.25, -0.2) is 4.39 Å². The van der Waals surface area contributed by atoms with Crippen LogP contribution >= 0.6 is 23.1 Å². The average molecular weight is 314 g/mol. The molecule has 1 N–H and O–H groups in total. The third kappa shape index (κ3) is 3.53. The quantitative estimate of drug-likeness (QED) is 0.881. The number of aryl methyl sites for hydroxylation is 1. The van der Waals surface area contributed by atoms with Crippen molar-refractivity contribution in [3.63, 3.8) is 0 Å². The van der Waals surface area contributed by atoms with Crippen LogP contribution in [-0.4, -0.2) is 16.6 Å². The van der Waals surface area contributed by atoms with Crippen molar-refractivity contribution in [2.24, 2.45) is 0 Å². The van der Waals surface area contributed by atoms with Gasteiger partial charge in [-0.3, -0.25) is 0 Å². The first-order valence-corrected chi connectivity index (χ1v) is 7.73. The molecule has 0 saturated heterocycles. The maximum Gasteiger partial charge on any atom is 0.141 e. The SMILES string of the molecule is CCCc1nnsc1C(Cc1ccc(F)c(Cl)c1)NC. The largest absolute Gasteiger partial charge is 0.312 e. The first kappa shape index (κ1) is 15.4. The highest BCUT2D eigenvalue weighted by molar-refractivity contribution is 7.05. The molecule has 0 aliphatic heterocycles. The van der Waals surface area contributed by atoms with Crippen molar-refractivity contribution in [1.29, 1.82) is 0 Å². The van der Waals surface area contributed by atoms with Crippen molar-refractivity contribution >= 4 is 23.1 Å². The Morgan fingerprint density at radius 2 is 2.25 bits per heavy atom. The van der Waals surface area contributed by atoms with E-state index in [2.05, 4.69) is 21.8 Å². The summed E-state index contributed by atoms with van der Waals surface area (Å²) in [6.45, 7) is 2.12. The van der Waals surface area contributed by atoms with Crippen molar-refractivity contribution in [1.82, 2.24) is 14.9 Å². The Hall–Kier alpha value is -1.04. The molecule has 0 bridgehead atoms. The Balaban J connectivity index is 2.19. The number of benzene rings is 1. The summed E-state index contributed by atoms with van der Waals surface area (Å²) >= 11 is 7.25. The summed E-state index contributed by atoms with van der Waals surface area (Å²) in [5, 5.41) is 7.63. The summed E-state index contributed by atoms with van der Waals surface area (Å²) < 4.78 is 17.2. The van der Waals surface area contributed by atoms with Gasteiger partial charge in [-0.2, -0.15) is 0 Å². The van der Waals surface area contributed by atoms with Crippen molar-refractivity contribution < 1.29 is 4.39 Å². The average Bonchev–Trinajstić information content (AvgIpc) is 2.88. The Bertz CT molecular complexity index is 573. The van der Waals surface area contributed by atoms with Crippen LogP contribution in [0.3, 0.4) is 0 Å². The van der Waals surface area contributed by atoms with Gasteiger partial charge in [0.2, 0.25) is 0 Å². The summed E-state index contributed by atoms with van der Waals surface area (Å²) in [5.74, 6) is -0.387. The number of aromatic nitrogens is 2. The monoisotopic (exact) mass is 313 g/mol. The molecule has 0 spiro atoms. The van der Waals surface area contributed by atoms with Crippen LogP contribution in [0.2, 0.25) is 5.02 Å². The normalized spacial score (nSPS) is 12.6. The van der Waals surface area contributed by atoms with Gasteiger partial charge in [-0.15, -0.1) is 5.10 Å². The Labute approximate surface area is 127 Å². The summed E-state index contributed by atoms with van der Waals surface area (Å²) in [7, 11) is 1.91. The molecule has 1 atom stereocenters. The van der Waals surface area contributed by atoms with E-state index in [0.717, 1.165) is 35.4 Å². The summed E-state index contributed by atoms with van der Waals surface area (Å²) in [6.07, 6.45) is 2.70. The zero-order valence-electron chi connectivity index (χ0n) is 11.5. The zero-order valence-corrected chi connectivity index (χ0v) is 13.1. The highest BCUT2D eigenvalue weighted by Gasteiger charge is 2.18. The fourth-order valence-electron chi connectivity index (χ4n) is 2.12. The van der Waals surface area contributed by atoms with Gasteiger partial charge < -0.3 is 5.32 Å². The molecule has 2 rings (SSSR count). The molecule has 2 aromatic rings. The maximum atomic E-state index is 13.2. The third-order valence-corrected chi connectivity index (χ3v) is 4.33. The van der Waals surface area contributed by atoms with Crippen molar-refractivity contribution in [2.45, 2.75) is 32.2 Å². The lowest BCUT2D eigenvalue weighted by atomic mass is 10.0. The summed E-state index contributed by atoms with van der Waals surface area (Å²) in [6, 6.07) is 4.97. The van der Waals surface area contributed by atoms with Gasteiger partial charge in [0.15, 0.2) is 0 Å². The predicted octanol–water partition coefficient (Wildman–Crippen LogP) is 3.79. The lowest BCUT2D eigenvalue weighted by Crippen LogP contribution is -2.19. The van der Waals surface area contributed by atoms with Crippen LogP contribution < -0.4 is 5.32 Å². The standard InChI is InChI=1S/C14H17ClFN3S/c1-3-4-12-14(20-19-18-12)13(17-2)8-9-5-6-11(16)10(15)7-9/h5-7,13,17H,3-4,8H2,1-2H3. The number of likely N-dealkylation sites (N-methyl/N-ethyl adjacent to an activating group) is 1. The highest BCUT2D eigenvalue weighted by Crippen LogP contribution is 2.26. The number of hydrogen-bond acceptors (Lipinski definition) is 4. The minimum absolute atomic E-state index is 0.123. The van der Waals surface area contributed by atoms with Crippen molar-refractivity contribution in [3.8, 4) is 0 Å². The molecule has 108 valence electrons. The van der Waals surface area contributed by atoms with Gasteiger partial charge >= 0.3 is 0 Å². The van der Waals surface area contributed by atoms with Crippen LogP contribution in [0, 0.1) is 5.82 Å². The number of rotatable bonds is 6. The Morgan fingerprint density at radius 3 is 2.90 bits per heavy atom. The van der Waals surface area contributed by atoms with Crippen molar-refractivity contribution in [2.75, 3.05) is 7.05 Å². The van der Waals surface area contributed by atoms with Crippen LogP contribution in [0.25, 0.3) is 0 Å². The molecule has 0 radical (unpaired) electrons. The third-order valence-electron chi connectivity index (χ3n) is 3.16. The lowest BCUT2D eigenvalue weighted by molar-refractivity contribution is 0.590. The minimum atomic E-state index is -0.387. The van der Waals surface area contributed by atoms with E-state index in [1.807, 2.05) is 7.05 Å². The number of nitrogens with zero attached hydrogens (tertiary/aromatic N) is 2. The van der Waals surface area contributed by atoms with Gasteiger partial charge in [-0.1, -0.05) is 35.5 Å². The molecule has 1 aromatic carbocycles. The van der Waals surface area contributed by atoms with Gasteiger partial charge in [0.25, 0.3) is 0 Å². The van der Waals surface area contributed by atoms with Gasteiger partial charge in [0.05, 0.1) is 15.6 Å². The molecule has 1 heterocycles. The molecule has 20 heavy (non-hydrogen) atoms. The lowest BCUT2D eigenvalue weighted by Gasteiger charge is -2.15. The molecular weight excluding hydrogens is 297 g/mol. The van der Waals surface area contributed by atoms with Crippen LogP contribution in [0.5, 0.6) is 0 Å². The Kier molecular flexibility index (Phi) is 5.46. The van der Waals surface area contributed by atoms with Crippen LogP contribution in [-0.2, 0) is 12.8 Å². The van der Waals surface area contributed by atoms with E-state index in [0.29, 0.717) is 0 Å². The number of nitrogens with one attached hydrogen (secondary N) is 1. The Morgan fingerprint density at radius 1 is 1.45 bits per heavy atom. The molecule has 0 aliphatic carbocycles. The second kappa shape index (κ2) is 7.11. The second-order valence-electron chi connectivity index (χ2n) is 4.63. The van der Waals surface area contributed by atoms with Crippen LogP contribution in [0.4, 0.5) is 4.39 Å². The molecule has 6 heteroatoms. The molecule has 0 fully saturated rings. The van der Waals surface area contributed by atoms with E-state index in [9.17, 15) is 4.39 Å². The maximum absolute atomic E-state index is 13.2. The zero-order chi connectivity index (χ0) is 14.5. The van der Waals surface area contributed by atoms with E-state index < -0.39 is 0 Å². The van der Waals surface area contributed by atoms with E-state index in [-0.39, 0.29) is 16.9 Å². The van der Waals surface area contributed by atoms with E-state index in [1.165, 1.54) is 17.6 Å². The molecule has 0 saturated carbocycles. The second-order valence-corrected chi connectivity index (χ2v) is 5.82. The fraction of sp³-hybridized carbons (Fsp3) is 0.429. The molecule has 1 aromatic heterocycles. The fourth-order valence-corrected chi connectivity index (χ4v) is 3.13. The molecular formula is C14H17ClFN3S. The van der Waals surface area contributed by atoms with E-state index in [1.54, 1.807) is 12.1 Å². The highest BCUT2D eigenvalue weighted by atomic mass is 35.5. The number of hydrogen-bond donors (Lipinski definition) is 1. The molecule has 3 nitrogen and oxygen atoms in total. The van der Waals surface area contributed by atoms with Crippen LogP contribution in [0.15, 0.2) is 18.2 Å². The molecule has 0 aliphatic rings. The topological polar surface area (TPSA) is 37.8 Å². The predicted molar refractivity (Wildman–Crippen MR) is 80.8 cm³/mol. The summed E-state index contributed by atoms with van der Waals surface area (Å²) in [4.78, 5) is 1.15. The van der Waals surface area contributed by atoms with E-state index in [4.69, 9.17) is 11.6 Å². The minimum Gasteiger partial charge on any atom is -0.312 e. The van der Waals surface area contributed by atoms with Gasteiger partial charge in [0, 0.05) is 6.04 Å². The van der Waals surface area contributed by atoms with Gasteiger partial charge in [-0.05, 0) is 49.1 Å². The number of halogens is 2. The first-order chi connectivity index (χ1) is 9.65. The summed E-state index contributed by atoms with van der Waals surface area (Å²) in [5.41, 5.74) is 2.04. The van der Waals surface area contributed by atoms with Gasteiger partial charge in [0.1, 0.15) is 5.82 Å². The van der Waals surface area contributed by atoms with Crippen LogP contribution in [0.1, 0.15) is 35.5 Å². The molecule has 0 amide bonds.